The van der Waals surface area contributed by atoms with Crippen molar-refractivity contribution >= 4 is 23.1 Å². The minimum Gasteiger partial charge on any atom is -0.494 e. The lowest BCUT2D eigenvalue weighted by Gasteiger charge is -2.09. The summed E-state index contributed by atoms with van der Waals surface area (Å²) >= 11 is 0. The van der Waals surface area contributed by atoms with Crippen molar-refractivity contribution < 1.29 is 18.3 Å². The first-order valence-electron chi connectivity index (χ1n) is 8.27. The van der Waals surface area contributed by atoms with Crippen LogP contribution in [0, 0.1) is 11.6 Å². The molecule has 1 aromatic heterocycles. The van der Waals surface area contributed by atoms with Gasteiger partial charge in [0, 0.05) is 23.6 Å². The Labute approximate surface area is 155 Å². The molecule has 7 heteroatoms. The summed E-state index contributed by atoms with van der Waals surface area (Å²) in [4.78, 5) is 16.4. The van der Waals surface area contributed by atoms with Crippen LogP contribution in [0.1, 0.15) is 17.3 Å². The van der Waals surface area contributed by atoms with Gasteiger partial charge in [-0.2, -0.15) is 0 Å². The van der Waals surface area contributed by atoms with E-state index in [0.717, 1.165) is 17.9 Å². The largest absolute Gasteiger partial charge is 0.494 e. The van der Waals surface area contributed by atoms with Gasteiger partial charge in [0.05, 0.1) is 12.2 Å². The maximum Gasteiger partial charge on any atom is 0.257 e. The van der Waals surface area contributed by atoms with Crippen molar-refractivity contribution in [3.05, 3.63) is 78.0 Å². The topological polar surface area (TPSA) is 63.2 Å². The molecule has 0 aliphatic heterocycles. The Bertz CT molecular complexity index is 929. The van der Waals surface area contributed by atoms with Gasteiger partial charge in [0.25, 0.3) is 5.91 Å². The minimum absolute atomic E-state index is 0.314. The molecule has 0 atom stereocenters. The van der Waals surface area contributed by atoms with Crippen molar-refractivity contribution in [1.29, 1.82) is 0 Å². The molecule has 3 aromatic rings. The maximum absolute atomic E-state index is 13.2. The van der Waals surface area contributed by atoms with E-state index in [2.05, 4.69) is 15.6 Å². The Morgan fingerprint density at radius 3 is 2.37 bits per heavy atom. The lowest BCUT2D eigenvalue weighted by Crippen LogP contribution is -2.12. The van der Waals surface area contributed by atoms with Crippen LogP contribution < -0.4 is 15.4 Å². The summed E-state index contributed by atoms with van der Waals surface area (Å²) in [5.41, 5.74) is 1.35. The smallest absolute Gasteiger partial charge is 0.257 e. The molecule has 0 bridgehead atoms. The van der Waals surface area contributed by atoms with E-state index in [1.54, 1.807) is 36.4 Å². The first-order chi connectivity index (χ1) is 13.0. The normalized spacial score (nSPS) is 10.3. The summed E-state index contributed by atoms with van der Waals surface area (Å²) in [6, 6.07) is 13.6. The van der Waals surface area contributed by atoms with Crippen LogP contribution in [0.15, 0.2) is 60.8 Å². The van der Waals surface area contributed by atoms with E-state index >= 15 is 0 Å². The molecule has 2 aromatic carbocycles. The number of amides is 1. The molecular weight excluding hydrogens is 352 g/mol. The molecule has 3 rings (SSSR count). The second-order valence-corrected chi connectivity index (χ2v) is 5.60. The fraction of sp³-hybridized carbons (Fsp3) is 0.100. The Balaban J connectivity index is 1.63. The van der Waals surface area contributed by atoms with Crippen LogP contribution in [0.5, 0.6) is 5.75 Å². The molecule has 2 N–H and O–H groups in total. The Morgan fingerprint density at radius 1 is 1.00 bits per heavy atom. The van der Waals surface area contributed by atoms with Crippen LogP contribution in [0.4, 0.5) is 26.0 Å². The van der Waals surface area contributed by atoms with Crippen molar-refractivity contribution in [3.8, 4) is 5.75 Å². The third-order valence-electron chi connectivity index (χ3n) is 3.64. The molecule has 0 spiro atoms. The summed E-state index contributed by atoms with van der Waals surface area (Å²) in [5.74, 6) is -1.06. The van der Waals surface area contributed by atoms with E-state index in [4.69, 9.17) is 4.74 Å². The molecule has 0 aliphatic rings. The van der Waals surface area contributed by atoms with E-state index in [0.29, 0.717) is 29.4 Å². The van der Waals surface area contributed by atoms with Gasteiger partial charge in [-0.15, -0.1) is 0 Å². The molecule has 1 heterocycles. The fourth-order valence-electron chi connectivity index (χ4n) is 2.33. The number of hydrogen-bond donors (Lipinski definition) is 2. The number of benzene rings is 2. The SMILES string of the molecule is CCOc1ccc(NC(=O)c2ccc(Nc3ccc(F)c(F)c3)nc2)cc1. The zero-order valence-electron chi connectivity index (χ0n) is 14.5. The van der Waals surface area contributed by atoms with Gasteiger partial charge < -0.3 is 15.4 Å². The van der Waals surface area contributed by atoms with Gasteiger partial charge >= 0.3 is 0 Å². The highest BCUT2D eigenvalue weighted by molar-refractivity contribution is 6.04. The van der Waals surface area contributed by atoms with Crippen LogP contribution in [0.25, 0.3) is 0 Å². The number of hydrogen-bond acceptors (Lipinski definition) is 4. The third-order valence-corrected chi connectivity index (χ3v) is 3.64. The molecule has 27 heavy (non-hydrogen) atoms. The zero-order valence-corrected chi connectivity index (χ0v) is 14.5. The van der Waals surface area contributed by atoms with Crippen molar-refractivity contribution in [2.45, 2.75) is 6.92 Å². The molecule has 0 aliphatic carbocycles. The van der Waals surface area contributed by atoms with Gasteiger partial charge in [-0.3, -0.25) is 4.79 Å². The number of anilines is 3. The van der Waals surface area contributed by atoms with Crippen molar-refractivity contribution in [1.82, 2.24) is 4.98 Å². The van der Waals surface area contributed by atoms with Gasteiger partial charge in [-0.1, -0.05) is 0 Å². The Kier molecular flexibility index (Phi) is 5.61. The number of carbonyl (C=O) groups excluding carboxylic acids is 1. The summed E-state index contributed by atoms with van der Waals surface area (Å²) in [7, 11) is 0. The highest BCUT2D eigenvalue weighted by atomic mass is 19.2. The monoisotopic (exact) mass is 369 g/mol. The van der Waals surface area contributed by atoms with E-state index in [9.17, 15) is 13.6 Å². The molecule has 0 saturated heterocycles. The van der Waals surface area contributed by atoms with E-state index in [-0.39, 0.29) is 5.91 Å². The number of ether oxygens (including phenoxy) is 1. The molecule has 0 fully saturated rings. The highest BCUT2D eigenvalue weighted by Gasteiger charge is 2.08. The minimum atomic E-state index is -0.952. The number of carbonyl (C=O) groups is 1. The molecule has 0 unspecified atom stereocenters. The van der Waals surface area contributed by atoms with Crippen molar-refractivity contribution in [2.75, 3.05) is 17.2 Å². The number of nitrogens with zero attached hydrogens (tertiary/aromatic N) is 1. The molecule has 138 valence electrons. The number of aromatic nitrogens is 1. The quantitative estimate of drug-likeness (QED) is 0.658. The van der Waals surface area contributed by atoms with Crippen LogP contribution >= 0.6 is 0 Å². The van der Waals surface area contributed by atoms with E-state index in [1.807, 2.05) is 6.92 Å². The van der Waals surface area contributed by atoms with Crippen molar-refractivity contribution in [2.24, 2.45) is 0 Å². The van der Waals surface area contributed by atoms with Gasteiger partial charge in [-0.05, 0) is 55.5 Å². The first kappa shape index (κ1) is 18.3. The van der Waals surface area contributed by atoms with E-state index in [1.165, 1.54) is 12.3 Å². The second kappa shape index (κ2) is 8.27. The Morgan fingerprint density at radius 2 is 1.74 bits per heavy atom. The summed E-state index contributed by atoms with van der Waals surface area (Å²) in [6.07, 6.45) is 1.39. The average molecular weight is 369 g/mol. The van der Waals surface area contributed by atoms with Gasteiger partial charge in [0.1, 0.15) is 11.6 Å². The second-order valence-electron chi connectivity index (χ2n) is 5.60. The highest BCUT2D eigenvalue weighted by Crippen LogP contribution is 2.19. The number of pyridine rings is 1. The molecular formula is C20H17F2N3O2. The fourth-order valence-corrected chi connectivity index (χ4v) is 2.33. The van der Waals surface area contributed by atoms with Crippen molar-refractivity contribution in [3.63, 3.8) is 0 Å². The summed E-state index contributed by atoms with van der Waals surface area (Å²) in [6.45, 7) is 2.47. The standard InChI is InChI=1S/C20H17F2N3O2/c1-2-27-16-7-4-14(5-8-16)25-20(26)13-3-10-19(23-12-13)24-15-6-9-17(21)18(22)11-15/h3-12H,2H2,1H3,(H,23,24)(H,25,26). The Hall–Kier alpha value is -3.48. The lowest BCUT2D eigenvalue weighted by molar-refractivity contribution is 0.102. The molecule has 1 amide bonds. The number of nitrogens with one attached hydrogen (secondary N) is 2. The maximum atomic E-state index is 13.2. The van der Waals surface area contributed by atoms with E-state index < -0.39 is 11.6 Å². The van der Waals surface area contributed by atoms with Gasteiger partial charge in [0.15, 0.2) is 11.6 Å². The number of rotatable bonds is 6. The predicted molar refractivity (Wildman–Crippen MR) is 99.4 cm³/mol. The average Bonchev–Trinajstić information content (AvgIpc) is 2.67. The van der Waals surface area contributed by atoms with Crippen LogP contribution in [-0.2, 0) is 0 Å². The van der Waals surface area contributed by atoms with Crippen LogP contribution in [-0.4, -0.2) is 17.5 Å². The van der Waals surface area contributed by atoms with Gasteiger partial charge in [-0.25, -0.2) is 13.8 Å². The third kappa shape index (κ3) is 4.78. The van der Waals surface area contributed by atoms with Gasteiger partial charge in [0.2, 0.25) is 0 Å². The summed E-state index contributed by atoms with van der Waals surface area (Å²) < 4.78 is 31.5. The van der Waals surface area contributed by atoms with Crippen LogP contribution in [0.2, 0.25) is 0 Å². The number of halogens is 2. The molecule has 5 nitrogen and oxygen atoms in total. The molecule has 0 saturated carbocycles. The predicted octanol–water partition coefficient (Wildman–Crippen LogP) is 4.75. The first-order valence-corrected chi connectivity index (χ1v) is 8.27. The zero-order chi connectivity index (χ0) is 19.2. The van der Waals surface area contributed by atoms with Crippen LogP contribution in [0.3, 0.4) is 0 Å². The molecule has 0 radical (unpaired) electrons. The summed E-state index contributed by atoms with van der Waals surface area (Å²) in [5, 5.41) is 5.61. The lowest BCUT2D eigenvalue weighted by atomic mass is 10.2.